The first-order valence-corrected chi connectivity index (χ1v) is 8.01. The molecule has 6 heteroatoms. The Bertz CT molecular complexity index is 520. The number of aromatic nitrogens is 1. The summed E-state index contributed by atoms with van der Waals surface area (Å²) in [7, 11) is 1.68. The second-order valence-corrected chi connectivity index (χ2v) is 6.79. The molecule has 0 spiro atoms. The SMILES string of the molecule is COCc1ncccc1CN1CCN(C(=O)OC(C)(C)C)CC1. The highest BCUT2D eigenvalue weighted by molar-refractivity contribution is 5.68. The predicted molar refractivity (Wildman–Crippen MR) is 88.0 cm³/mol. The maximum absolute atomic E-state index is 12.1. The number of rotatable bonds is 4. The summed E-state index contributed by atoms with van der Waals surface area (Å²) in [6.07, 6.45) is 1.57. The van der Waals surface area contributed by atoms with Crippen LogP contribution in [-0.4, -0.2) is 59.8 Å². The van der Waals surface area contributed by atoms with E-state index in [1.807, 2.05) is 26.8 Å². The molecule has 6 nitrogen and oxygen atoms in total. The molecule has 1 amide bonds. The molecule has 0 atom stereocenters. The number of amides is 1. The van der Waals surface area contributed by atoms with E-state index in [0.29, 0.717) is 19.7 Å². The van der Waals surface area contributed by atoms with Crippen LogP contribution in [0, 0.1) is 0 Å². The maximum Gasteiger partial charge on any atom is 0.410 e. The third-order valence-electron chi connectivity index (χ3n) is 3.68. The summed E-state index contributed by atoms with van der Waals surface area (Å²) < 4.78 is 10.6. The first-order valence-electron chi connectivity index (χ1n) is 8.01. The fourth-order valence-corrected chi connectivity index (χ4v) is 2.54. The molecule has 1 aromatic rings. The summed E-state index contributed by atoms with van der Waals surface area (Å²) in [4.78, 5) is 20.6. The van der Waals surface area contributed by atoms with Gasteiger partial charge in [-0.15, -0.1) is 0 Å². The Morgan fingerprint density at radius 2 is 1.96 bits per heavy atom. The fraction of sp³-hybridized carbons (Fsp3) is 0.647. The van der Waals surface area contributed by atoms with Gasteiger partial charge in [0.15, 0.2) is 0 Å². The van der Waals surface area contributed by atoms with Gasteiger partial charge in [0.05, 0.1) is 12.3 Å². The van der Waals surface area contributed by atoms with Crippen molar-refractivity contribution in [2.75, 3.05) is 33.3 Å². The van der Waals surface area contributed by atoms with Crippen LogP contribution in [0.25, 0.3) is 0 Å². The largest absolute Gasteiger partial charge is 0.444 e. The summed E-state index contributed by atoms with van der Waals surface area (Å²) in [5.74, 6) is 0. The molecule has 0 aromatic carbocycles. The number of piperazine rings is 1. The molecule has 1 aliphatic rings. The third kappa shape index (κ3) is 5.48. The highest BCUT2D eigenvalue weighted by Crippen LogP contribution is 2.15. The Labute approximate surface area is 138 Å². The van der Waals surface area contributed by atoms with E-state index >= 15 is 0 Å². The lowest BCUT2D eigenvalue weighted by atomic mass is 10.1. The van der Waals surface area contributed by atoms with Crippen molar-refractivity contribution in [1.29, 1.82) is 0 Å². The van der Waals surface area contributed by atoms with Crippen molar-refractivity contribution < 1.29 is 14.3 Å². The van der Waals surface area contributed by atoms with Gasteiger partial charge in [0, 0.05) is 46.0 Å². The van der Waals surface area contributed by atoms with Gasteiger partial charge in [-0.2, -0.15) is 0 Å². The standard InChI is InChI=1S/C17H27N3O3/c1-17(2,3)23-16(21)20-10-8-19(9-11-20)12-14-6-5-7-18-15(14)13-22-4/h5-7H,8-13H2,1-4H3. The van der Waals surface area contributed by atoms with E-state index in [9.17, 15) is 4.79 Å². The number of carbonyl (C=O) groups is 1. The van der Waals surface area contributed by atoms with E-state index < -0.39 is 5.60 Å². The predicted octanol–water partition coefficient (Wildman–Crippen LogP) is 2.28. The lowest BCUT2D eigenvalue weighted by Crippen LogP contribution is -2.49. The molecule has 1 aromatic heterocycles. The molecule has 0 saturated carbocycles. The van der Waals surface area contributed by atoms with Crippen molar-refractivity contribution in [3.8, 4) is 0 Å². The molecule has 0 N–H and O–H groups in total. The van der Waals surface area contributed by atoms with Crippen LogP contribution < -0.4 is 0 Å². The first-order chi connectivity index (χ1) is 10.9. The summed E-state index contributed by atoms with van der Waals surface area (Å²) in [5, 5.41) is 0. The van der Waals surface area contributed by atoms with Gasteiger partial charge in [0.25, 0.3) is 0 Å². The molecule has 0 bridgehead atoms. The Morgan fingerprint density at radius 1 is 1.26 bits per heavy atom. The number of pyridine rings is 1. The number of methoxy groups -OCH3 is 1. The molecule has 0 radical (unpaired) electrons. The van der Waals surface area contributed by atoms with E-state index in [-0.39, 0.29) is 6.09 Å². The summed E-state index contributed by atoms with van der Waals surface area (Å²) in [6, 6.07) is 4.03. The van der Waals surface area contributed by atoms with E-state index in [0.717, 1.165) is 25.3 Å². The van der Waals surface area contributed by atoms with Crippen molar-refractivity contribution in [3.63, 3.8) is 0 Å². The van der Waals surface area contributed by atoms with Crippen molar-refractivity contribution in [3.05, 3.63) is 29.6 Å². The van der Waals surface area contributed by atoms with Crippen molar-refractivity contribution >= 4 is 6.09 Å². The molecule has 0 unspecified atom stereocenters. The van der Waals surface area contributed by atoms with Gasteiger partial charge in [-0.1, -0.05) is 6.07 Å². The molecule has 23 heavy (non-hydrogen) atoms. The molecule has 128 valence electrons. The molecule has 1 aliphatic heterocycles. The number of carbonyl (C=O) groups excluding carboxylic acids is 1. The van der Waals surface area contributed by atoms with Gasteiger partial charge in [0.2, 0.25) is 0 Å². The Kier molecular flexibility index (Phi) is 5.96. The zero-order valence-electron chi connectivity index (χ0n) is 14.5. The topological polar surface area (TPSA) is 54.9 Å². The summed E-state index contributed by atoms with van der Waals surface area (Å²) >= 11 is 0. The number of hydrogen-bond acceptors (Lipinski definition) is 5. The molecule has 2 rings (SSSR count). The molecule has 0 aliphatic carbocycles. The van der Waals surface area contributed by atoms with Crippen molar-refractivity contribution in [2.24, 2.45) is 0 Å². The second kappa shape index (κ2) is 7.75. The van der Waals surface area contributed by atoms with Crippen LogP contribution in [0.2, 0.25) is 0 Å². The lowest BCUT2D eigenvalue weighted by molar-refractivity contribution is 0.0138. The Hall–Kier alpha value is -1.66. The normalized spacial score (nSPS) is 16.4. The van der Waals surface area contributed by atoms with Crippen LogP contribution in [0.3, 0.4) is 0 Å². The number of hydrogen-bond donors (Lipinski definition) is 0. The second-order valence-electron chi connectivity index (χ2n) is 6.79. The highest BCUT2D eigenvalue weighted by atomic mass is 16.6. The highest BCUT2D eigenvalue weighted by Gasteiger charge is 2.26. The van der Waals surface area contributed by atoms with E-state index in [1.165, 1.54) is 5.56 Å². The molecule has 1 saturated heterocycles. The van der Waals surface area contributed by atoms with Crippen LogP contribution in [0.15, 0.2) is 18.3 Å². The van der Waals surface area contributed by atoms with E-state index in [2.05, 4.69) is 16.0 Å². The van der Waals surface area contributed by atoms with Crippen molar-refractivity contribution in [2.45, 2.75) is 39.5 Å². The first kappa shape index (κ1) is 17.7. The maximum atomic E-state index is 12.1. The van der Waals surface area contributed by atoms with Crippen molar-refractivity contribution in [1.82, 2.24) is 14.8 Å². The average molecular weight is 321 g/mol. The molecular weight excluding hydrogens is 294 g/mol. The van der Waals surface area contributed by atoms with Gasteiger partial charge in [0.1, 0.15) is 5.60 Å². The Balaban J connectivity index is 1.87. The average Bonchev–Trinajstić information content (AvgIpc) is 2.48. The van der Waals surface area contributed by atoms with Gasteiger partial charge in [-0.05, 0) is 32.4 Å². The minimum atomic E-state index is -0.445. The minimum absolute atomic E-state index is 0.224. The van der Waals surface area contributed by atoms with Crippen LogP contribution >= 0.6 is 0 Å². The van der Waals surface area contributed by atoms with Gasteiger partial charge < -0.3 is 14.4 Å². The van der Waals surface area contributed by atoms with Crippen LogP contribution in [-0.2, 0) is 22.6 Å². The van der Waals surface area contributed by atoms with Gasteiger partial charge in [-0.25, -0.2) is 4.79 Å². The summed E-state index contributed by atoms with van der Waals surface area (Å²) in [6.45, 7) is 10.1. The Morgan fingerprint density at radius 3 is 2.57 bits per heavy atom. The van der Waals surface area contributed by atoms with Gasteiger partial charge in [-0.3, -0.25) is 9.88 Å². The quantitative estimate of drug-likeness (QED) is 0.851. The van der Waals surface area contributed by atoms with Crippen LogP contribution in [0.1, 0.15) is 32.0 Å². The number of ether oxygens (including phenoxy) is 2. The number of nitrogens with zero attached hydrogens (tertiary/aromatic N) is 3. The molecule has 2 heterocycles. The molecular formula is C17H27N3O3. The van der Waals surface area contributed by atoms with Crippen LogP contribution in [0.5, 0.6) is 0 Å². The fourth-order valence-electron chi connectivity index (χ4n) is 2.54. The molecule has 1 fully saturated rings. The van der Waals surface area contributed by atoms with Crippen LogP contribution in [0.4, 0.5) is 4.79 Å². The zero-order chi connectivity index (χ0) is 16.9. The smallest absolute Gasteiger partial charge is 0.410 e. The third-order valence-corrected chi connectivity index (χ3v) is 3.68. The van der Waals surface area contributed by atoms with E-state index in [4.69, 9.17) is 9.47 Å². The van der Waals surface area contributed by atoms with Gasteiger partial charge >= 0.3 is 6.09 Å². The van der Waals surface area contributed by atoms with E-state index in [1.54, 1.807) is 18.2 Å². The minimum Gasteiger partial charge on any atom is -0.444 e. The lowest BCUT2D eigenvalue weighted by Gasteiger charge is -2.35. The summed E-state index contributed by atoms with van der Waals surface area (Å²) in [5.41, 5.74) is 1.71. The monoisotopic (exact) mass is 321 g/mol. The zero-order valence-corrected chi connectivity index (χ0v) is 14.5.